The molecule has 1 aliphatic rings. The molecule has 114 valence electrons. The van der Waals surface area contributed by atoms with E-state index in [1.807, 2.05) is 13.8 Å². The number of nitrogen functional groups attached to an aromatic ring is 1. The average molecular weight is 311 g/mol. The van der Waals surface area contributed by atoms with E-state index in [2.05, 4.69) is 0 Å². The molecule has 3 N–H and O–H groups in total. The number of nitrogens with two attached hydrogens (primary N) is 1. The molecule has 1 unspecified atom stereocenters. The Hall–Kier alpha value is -1.75. The molecular formula is C15H19ClN2O3. The molecule has 1 saturated heterocycles. The van der Waals surface area contributed by atoms with Gasteiger partial charge >= 0.3 is 5.97 Å². The number of anilines is 1. The van der Waals surface area contributed by atoms with E-state index < -0.39 is 11.4 Å². The molecule has 0 spiro atoms. The van der Waals surface area contributed by atoms with E-state index in [0.29, 0.717) is 29.2 Å². The van der Waals surface area contributed by atoms with Crippen LogP contribution >= 0.6 is 11.6 Å². The Labute approximate surface area is 128 Å². The van der Waals surface area contributed by atoms with Crippen molar-refractivity contribution < 1.29 is 14.7 Å². The van der Waals surface area contributed by atoms with E-state index in [-0.39, 0.29) is 18.4 Å². The summed E-state index contributed by atoms with van der Waals surface area (Å²) in [4.78, 5) is 25.7. The normalized spacial score (nSPS) is 21.8. The number of halogens is 1. The molecular weight excluding hydrogens is 292 g/mol. The molecule has 6 heteroatoms. The summed E-state index contributed by atoms with van der Waals surface area (Å²) in [5, 5.41) is 9.91. The van der Waals surface area contributed by atoms with E-state index in [9.17, 15) is 14.7 Å². The number of carbonyl (C=O) groups is 2. The second kappa shape index (κ2) is 5.56. The topological polar surface area (TPSA) is 83.6 Å². The van der Waals surface area contributed by atoms with Gasteiger partial charge in [0.15, 0.2) is 0 Å². The molecule has 2 rings (SSSR count). The number of nitrogens with zero attached hydrogens (tertiary/aromatic N) is 1. The first-order chi connectivity index (χ1) is 9.78. The van der Waals surface area contributed by atoms with Crippen LogP contribution in [0, 0.1) is 11.3 Å². The maximum Gasteiger partial charge on any atom is 0.311 e. The molecule has 1 fully saturated rings. The number of likely N-dealkylation sites (tertiary alicyclic amines) is 1. The minimum Gasteiger partial charge on any atom is -0.481 e. The standard InChI is InChI=1S/C15H19ClN2O3/c1-9(2)15(14(20)21)5-6-18(8-15)13(19)10-3-4-11(16)12(17)7-10/h3-4,7,9H,5-6,8,17H2,1-2H3,(H,20,21). The lowest BCUT2D eigenvalue weighted by molar-refractivity contribution is -0.150. The largest absolute Gasteiger partial charge is 0.481 e. The molecule has 1 amide bonds. The monoisotopic (exact) mass is 310 g/mol. The second-order valence-electron chi connectivity index (χ2n) is 5.83. The Morgan fingerprint density at radius 3 is 2.57 bits per heavy atom. The SMILES string of the molecule is CC(C)C1(C(=O)O)CCN(C(=O)c2ccc(Cl)c(N)c2)C1. The van der Waals surface area contributed by atoms with E-state index in [4.69, 9.17) is 17.3 Å². The van der Waals surface area contributed by atoms with Crippen molar-refractivity contribution in [1.82, 2.24) is 4.90 Å². The van der Waals surface area contributed by atoms with Gasteiger partial charge < -0.3 is 15.7 Å². The Morgan fingerprint density at radius 1 is 1.43 bits per heavy atom. The minimum atomic E-state index is -0.867. The smallest absolute Gasteiger partial charge is 0.311 e. The minimum absolute atomic E-state index is 0.0388. The molecule has 0 saturated carbocycles. The molecule has 0 radical (unpaired) electrons. The third-order valence-corrected chi connectivity index (χ3v) is 4.71. The van der Waals surface area contributed by atoms with Gasteiger partial charge in [-0.2, -0.15) is 0 Å². The van der Waals surface area contributed by atoms with E-state index in [1.54, 1.807) is 17.0 Å². The molecule has 1 heterocycles. The summed E-state index contributed by atoms with van der Waals surface area (Å²) < 4.78 is 0. The van der Waals surface area contributed by atoms with Crippen LogP contribution in [0.15, 0.2) is 18.2 Å². The van der Waals surface area contributed by atoms with Gasteiger partial charge in [0.25, 0.3) is 5.91 Å². The zero-order valence-electron chi connectivity index (χ0n) is 12.1. The van der Waals surface area contributed by atoms with Crippen LogP contribution in [-0.2, 0) is 4.79 Å². The summed E-state index contributed by atoms with van der Waals surface area (Å²) in [6, 6.07) is 4.71. The molecule has 0 aliphatic carbocycles. The predicted molar refractivity (Wildman–Crippen MR) is 81.3 cm³/mol. The summed E-state index contributed by atoms with van der Waals surface area (Å²) >= 11 is 5.85. The Morgan fingerprint density at radius 2 is 2.10 bits per heavy atom. The predicted octanol–water partition coefficient (Wildman–Crippen LogP) is 2.50. The molecule has 1 aromatic carbocycles. The number of hydrogen-bond acceptors (Lipinski definition) is 3. The fraction of sp³-hybridized carbons (Fsp3) is 0.467. The maximum absolute atomic E-state index is 12.5. The Bertz CT molecular complexity index is 588. The highest BCUT2D eigenvalue weighted by Gasteiger charge is 2.48. The van der Waals surface area contributed by atoms with Crippen LogP contribution in [0.5, 0.6) is 0 Å². The van der Waals surface area contributed by atoms with Gasteiger partial charge in [-0.15, -0.1) is 0 Å². The highest BCUT2D eigenvalue weighted by atomic mass is 35.5. The van der Waals surface area contributed by atoms with Gasteiger partial charge in [0.2, 0.25) is 0 Å². The van der Waals surface area contributed by atoms with Gasteiger partial charge in [-0.3, -0.25) is 9.59 Å². The second-order valence-corrected chi connectivity index (χ2v) is 6.24. The first-order valence-electron chi connectivity index (χ1n) is 6.85. The van der Waals surface area contributed by atoms with Crippen molar-refractivity contribution in [2.24, 2.45) is 11.3 Å². The molecule has 1 aromatic rings. The van der Waals surface area contributed by atoms with Crippen LogP contribution < -0.4 is 5.73 Å². The van der Waals surface area contributed by atoms with Crippen molar-refractivity contribution in [1.29, 1.82) is 0 Å². The van der Waals surface area contributed by atoms with Gasteiger partial charge in [0, 0.05) is 18.7 Å². The van der Waals surface area contributed by atoms with Crippen molar-refractivity contribution in [3.63, 3.8) is 0 Å². The molecule has 1 aliphatic heterocycles. The van der Waals surface area contributed by atoms with Gasteiger partial charge in [-0.25, -0.2) is 0 Å². The number of benzene rings is 1. The lowest BCUT2D eigenvalue weighted by Gasteiger charge is -2.28. The van der Waals surface area contributed by atoms with Gasteiger partial charge in [0.05, 0.1) is 16.1 Å². The quantitative estimate of drug-likeness (QED) is 0.840. The van der Waals surface area contributed by atoms with Crippen LogP contribution in [-0.4, -0.2) is 35.0 Å². The summed E-state index contributed by atoms with van der Waals surface area (Å²) in [5.41, 5.74) is 5.62. The number of carboxylic acids is 1. The van der Waals surface area contributed by atoms with E-state index in [1.165, 1.54) is 6.07 Å². The number of amides is 1. The first kappa shape index (κ1) is 15.6. The highest BCUT2D eigenvalue weighted by molar-refractivity contribution is 6.33. The van der Waals surface area contributed by atoms with Crippen LogP contribution in [0.2, 0.25) is 5.02 Å². The van der Waals surface area contributed by atoms with Gasteiger partial charge in [0.1, 0.15) is 0 Å². The fourth-order valence-corrected chi connectivity index (χ4v) is 2.88. The Kier molecular flexibility index (Phi) is 4.14. The average Bonchev–Trinajstić information content (AvgIpc) is 2.87. The van der Waals surface area contributed by atoms with Crippen molar-refractivity contribution >= 4 is 29.2 Å². The zero-order chi connectivity index (χ0) is 15.8. The molecule has 0 aromatic heterocycles. The van der Waals surface area contributed by atoms with Gasteiger partial charge in [-0.1, -0.05) is 25.4 Å². The number of hydrogen-bond donors (Lipinski definition) is 2. The summed E-state index contributed by atoms with van der Waals surface area (Å²) in [6.45, 7) is 4.41. The van der Waals surface area contributed by atoms with Crippen LogP contribution in [0.1, 0.15) is 30.6 Å². The van der Waals surface area contributed by atoms with Crippen molar-refractivity contribution in [2.75, 3.05) is 18.8 Å². The summed E-state index contributed by atoms with van der Waals surface area (Å²) in [6.07, 6.45) is 0.467. The number of aliphatic carboxylic acids is 1. The number of rotatable bonds is 3. The molecule has 0 bridgehead atoms. The van der Waals surface area contributed by atoms with Gasteiger partial charge in [-0.05, 0) is 30.5 Å². The third-order valence-electron chi connectivity index (χ3n) is 4.36. The number of carboxylic acid groups (broad SMARTS) is 1. The van der Waals surface area contributed by atoms with Crippen molar-refractivity contribution in [3.05, 3.63) is 28.8 Å². The maximum atomic E-state index is 12.5. The van der Waals surface area contributed by atoms with Crippen LogP contribution in [0.4, 0.5) is 5.69 Å². The van der Waals surface area contributed by atoms with E-state index >= 15 is 0 Å². The lowest BCUT2D eigenvalue weighted by atomic mass is 9.76. The van der Waals surface area contributed by atoms with Crippen LogP contribution in [0.3, 0.4) is 0 Å². The third kappa shape index (κ3) is 2.70. The first-order valence-corrected chi connectivity index (χ1v) is 7.23. The molecule has 21 heavy (non-hydrogen) atoms. The number of carbonyl (C=O) groups excluding carboxylic acids is 1. The van der Waals surface area contributed by atoms with Crippen molar-refractivity contribution in [3.8, 4) is 0 Å². The highest BCUT2D eigenvalue weighted by Crippen LogP contribution is 2.38. The zero-order valence-corrected chi connectivity index (χ0v) is 12.9. The molecule has 5 nitrogen and oxygen atoms in total. The lowest BCUT2D eigenvalue weighted by Crippen LogP contribution is -2.40. The van der Waals surface area contributed by atoms with E-state index in [0.717, 1.165) is 0 Å². The van der Waals surface area contributed by atoms with Crippen molar-refractivity contribution in [2.45, 2.75) is 20.3 Å². The summed E-state index contributed by atoms with van der Waals surface area (Å²) in [7, 11) is 0. The molecule has 1 atom stereocenters. The summed E-state index contributed by atoms with van der Waals surface area (Å²) in [5.74, 6) is -1.09. The fourth-order valence-electron chi connectivity index (χ4n) is 2.76. The Balaban J connectivity index is 2.22. The van der Waals surface area contributed by atoms with Crippen LogP contribution in [0.25, 0.3) is 0 Å².